The lowest BCUT2D eigenvalue weighted by Gasteiger charge is -2.30. The van der Waals surface area contributed by atoms with Gasteiger partial charge in [0.25, 0.3) is 5.91 Å². The molecule has 0 aromatic heterocycles. The Hall–Kier alpha value is -3.32. The standard InChI is InChI=1S/C24H24N2O4S/c1-30-23-12-6-5-10-20(23)17-31(28,29)25-21-13-14-22-19(16-21)11-7-15-26(22)24(27)18-8-3-2-4-9-18/h2-6,8-10,12-14,16,25H,7,11,15,17H2,1H3. The topological polar surface area (TPSA) is 75.7 Å². The van der Waals surface area contributed by atoms with Crippen LogP contribution in [-0.4, -0.2) is 28.0 Å². The Morgan fingerprint density at radius 1 is 1.03 bits per heavy atom. The molecule has 0 fully saturated rings. The van der Waals surface area contributed by atoms with Gasteiger partial charge in [0.15, 0.2) is 0 Å². The Morgan fingerprint density at radius 3 is 2.55 bits per heavy atom. The van der Waals surface area contributed by atoms with Gasteiger partial charge in [-0.15, -0.1) is 0 Å². The number of nitrogens with one attached hydrogen (secondary N) is 1. The lowest BCUT2D eigenvalue weighted by molar-refractivity contribution is 0.0985. The van der Waals surface area contributed by atoms with Gasteiger partial charge in [-0.3, -0.25) is 9.52 Å². The Bertz CT molecular complexity index is 1190. The van der Waals surface area contributed by atoms with E-state index < -0.39 is 10.0 Å². The Morgan fingerprint density at radius 2 is 1.77 bits per heavy atom. The summed E-state index contributed by atoms with van der Waals surface area (Å²) < 4.78 is 33.4. The number of carbonyl (C=O) groups is 1. The maximum atomic E-state index is 12.9. The molecule has 0 radical (unpaired) electrons. The first-order valence-electron chi connectivity index (χ1n) is 10.1. The predicted molar refractivity (Wildman–Crippen MR) is 122 cm³/mol. The molecule has 3 aromatic carbocycles. The largest absolute Gasteiger partial charge is 0.496 e. The van der Waals surface area contributed by atoms with Crippen molar-refractivity contribution in [2.45, 2.75) is 18.6 Å². The van der Waals surface area contributed by atoms with E-state index in [9.17, 15) is 13.2 Å². The zero-order valence-electron chi connectivity index (χ0n) is 17.2. The van der Waals surface area contributed by atoms with Crippen LogP contribution in [0.5, 0.6) is 5.75 Å². The average Bonchev–Trinajstić information content (AvgIpc) is 2.78. The van der Waals surface area contributed by atoms with Crippen LogP contribution in [-0.2, 0) is 22.2 Å². The Kier molecular flexibility index (Phi) is 5.95. The molecule has 1 N–H and O–H groups in total. The maximum Gasteiger partial charge on any atom is 0.258 e. The fraction of sp³-hybridized carbons (Fsp3) is 0.208. The van der Waals surface area contributed by atoms with Crippen LogP contribution < -0.4 is 14.4 Å². The van der Waals surface area contributed by atoms with Gasteiger partial charge in [0, 0.05) is 29.0 Å². The van der Waals surface area contributed by atoms with E-state index >= 15 is 0 Å². The number of aryl methyl sites for hydroxylation is 1. The van der Waals surface area contributed by atoms with Crippen molar-refractivity contribution in [2.24, 2.45) is 0 Å². The molecule has 0 aliphatic carbocycles. The summed E-state index contributed by atoms with van der Waals surface area (Å²) >= 11 is 0. The first-order chi connectivity index (χ1) is 15.0. The average molecular weight is 437 g/mol. The summed E-state index contributed by atoms with van der Waals surface area (Å²) in [7, 11) is -2.11. The fourth-order valence-corrected chi connectivity index (χ4v) is 5.06. The quantitative estimate of drug-likeness (QED) is 0.627. The molecule has 6 nitrogen and oxygen atoms in total. The van der Waals surface area contributed by atoms with E-state index in [-0.39, 0.29) is 11.7 Å². The van der Waals surface area contributed by atoms with E-state index in [0.717, 1.165) is 24.1 Å². The van der Waals surface area contributed by atoms with Gasteiger partial charge in [0.05, 0.1) is 12.9 Å². The fourth-order valence-electron chi connectivity index (χ4n) is 3.85. The van der Waals surface area contributed by atoms with Crippen molar-refractivity contribution in [3.8, 4) is 5.75 Å². The minimum Gasteiger partial charge on any atom is -0.496 e. The second-order valence-corrected chi connectivity index (χ2v) is 9.17. The van der Waals surface area contributed by atoms with E-state index in [1.807, 2.05) is 30.3 Å². The van der Waals surface area contributed by atoms with Crippen LogP contribution in [0.15, 0.2) is 72.8 Å². The van der Waals surface area contributed by atoms with Gasteiger partial charge in [-0.1, -0.05) is 36.4 Å². The van der Waals surface area contributed by atoms with Gasteiger partial charge < -0.3 is 9.64 Å². The number of rotatable bonds is 6. The number of nitrogens with zero attached hydrogens (tertiary/aromatic N) is 1. The van der Waals surface area contributed by atoms with E-state index in [1.165, 1.54) is 7.11 Å². The minimum absolute atomic E-state index is 0.0500. The molecular formula is C24H24N2O4S. The SMILES string of the molecule is COc1ccccc1CS(=O)(=O)Nc1ccc2c(c1)CCCN2C(=O)c1ccccc1. The van der Waals surface area contributed by atoms with Crippen LogP contribution in [0.25, 0.3) is 0 Å². The van der Waals surface area contributed by atoms with Crippen LogP contribution in [0.3, 0.4) is 0 Å². The number of fused-ring (bicyclic) bond motifs is 1. The number of carbonyl (C=O) groups excluding carboxylic acids is 1. The van der Waals surface area contributed by atoms with E-state index in [4.69, 9.17) is 4.74 Å². The lowest BCUT2D eigenvalue weighted by atomic mass is 10.00. The van der Waals surface area contributed by atoms with Gasteiger partial charge in [-0.05, 0) is 54.8 Å². The number of anilines is 2. The summed E-state index contributed by atoms with van der Waals surface area (Å²) in [5.74, 6) is 0.298. The predicted octanol–water partition coefficient (Wildman–Crippen LogP) is 4.23. The highest BCUT2D eigenvalue weighted by molar-refractivity contribution is 7.91. The molecule has 4 rings (SSSR count). The van der Waals surface area contributed by atoms with Gasteiger partial charge in [-0.25, -0.2) is 8.42 Å². The molecule has 7 heteroatoms. The van der Waals surface area contributed by atoms with Crippen molar-refractivity contribution in [2.75, 3.05) is 23.3 Å². The molecule has 0 atom stereocenters. The summed E-state index contributed by atoms with van der Waals surface area (Å²) in [5.41, 5.74) is 3.50. The summed E-state index contributed by atoms with van der Waals surface area (Å²) in [6.45, 7) is 0.638. The lowest BCUT2D eigenvalue weighted by Crippen LogP contribution is -2.35. The van der Waals surface area contributed by atoms with E-state index in [0.29, 0.717) is 29.1 Å². The van der Waals surface area contributed by atoms with Crippen LogP contribution in [0.1, 0.15) is 27.9 Å². The van der Waals surface area contributed by atoms with Crippen molar-refractivity contribution in [3.63, 3.8) is 0 Å². The third-order valence-electron chi connectivity index (χ3n) is 5.28. The van der Waals surface area contributed by atoms with Crippen molar-refractivity contribution in [1.29, 1.82) is 0 Å². The molecule has 1 aliphatic rings. The molecule has 1 heterocycles. The van der Waals surface area contributed by atoms with Gasteiger partial charge in [0.2, 0.25) is 10.0 Å². The molecule has 0 bridgehead atoms. The Balaban J connectivity index is 1.55. The number of amides is 1. The second-order valence-electron chi connectivity index (χ2n) is 7.44. The molecule has 160 valence electrons. The van der Waals surface area contributed by atoms with Crippen LogP contribution in [0.4, 0.5) is 11.4 Å². The van der Waals surface area contributed by atoms with Crippen molar-refractivity contribution in [1.82, 2.24) is 0 Å². The highest BCUT2D eigenvalue weighted by atomic mass is 32.2. The Labute approximate surface area is 182 Å². The highest BCUT2D eigenvalue weighted by Gasteiger charge is 2.24. The smallest absolute Gasteiger partial charge is 0.258 e. The molecule has 0 saturated heterocycles. The zero-order valence-corrected chi connectivity index (χ0v) is 18.1. The zero-order chi connectivity index (χ0) is 21.8. The van der Waals surface area contributed by atoms with Crippen LogP contribution in [0, 0.1) is 0 Å². The summed E-state index contributed by atoms with van der Waals surface area (Å²) in [4.78, 5) is 14.7. The molecule has 0 spiro atoms. The number of benzene rings is 3. The van der Waals surface area contributed by atoms with Gasteiger partial charge >= 0.3 is 0 Å². The van der Waals surface area contributed by atoms with Crippen LogP contribution >= 0.6 is 0 Å². The number of para-hydroxylation sites is 1. The van der Waals surface area contributed by atoms with E-state index in [1.54, 1.807) is 47.4 Å². The molecule has 31 heavy (non-hydrogen) atoms. The molecular weight excluding hydrogens is 412 g/mol. The molecule has 1 aliphatic heterocycles. The molecule has 3 aromatic rings. The number of sulfonamides is 1. The second kappa shape index (κ2) is 8.81. The van der Waals surface area contributed by atoms with Crippen molar-refractivity contribution in [3.05, 3.63) is 89.5 Å². The molecule has 0 saturated carbocycles. The van der Waals surface area contributed by atoms with Crippen molar-refractivity contribution >= 4 is 27.3 Å². The molecule has 0 unspecified atom stereocenters. The third-order valence-corrected chi connectivity index (χ3v) is 6.51. The minimum atomic E-state index is -3.63. The highest BCUT2D eigenvalue weighted by Crippen LogP contribution is 2.31. The summed E-state index contributed by atoms with van der Waals surface area (Å²) in [6, 6.07) is 21.6. The number of hydrogen-bond donors (Lipinski definition) is 1. The van der Waals surface area contributed by atoms with E-state index in [2.05, 4.69) is 4.72 Å². The summed E-state index contributed by atoms with van der Waals surface area (Å²) in [5, 5.41) is 0. The first-order valence-corrected chi connectivity index (χ1v) is 11.7. The number of ether oxygens (including phenoxy) is 1. The normalized spacial score (nSPS) is 13.4. The summed E-state index contributed by atoms with van der Waals surface area (Å²) in [6.07, 6.45) is 1.61. The van der Waals surface area contributed by atoms with Gasteiger partial charge in [-0.2, -0.15) is 0 Å². The number of methoxy groups -OCH3 is 1. The third kappa shape index (κ3) is 4.72. The first kappa shape index (κ1) is 20.9. The van der Waals surface area contributed by atoms with Crippen molar-refractivity contribution < 1.29 is 17.9 Å². The maximum absolute atomic E-state index is 12.9. The monoisotopic (exact) mass is 436 g/mol. The van der Waals surface area contributed by atoms with Crippen LogP contribution in [0.2, 0.25) is 0 Å². The molecule has 1 amide bonds. The van der Waals surface area contributed by atoms with Gasteiger partial charge in [0.1, 0.15) is 5.75 Å². The number of hydrogen-bond acceptors (Lipinski definition) is 4.